The van der Waals surface area contributed by atoms with Crippen LogP contribution in [0.4, 0.5) is 10.6 Å². The maximum Gasteiger partial charge on any atom is 0.407 e. The molecule has 0 aliphatic carbocycles. The van der Waals surface area contributed by atoms with E-state index in [0.29, 0.717) is 30.6 Å². The second kappa shape index (κ2) is 9.57. The van der Waals surface area contributed by atoms with Gasteiger partial charge in [0.1, 0.15) is 12.1 Å². The Morgan fingerprint density at radius 1 is 1.24 bits per heavy atom. The topological polar surface area (TPSA) is 149 Å². The lowest BCUT2D eigenvalue weighted by molar-refractivity contribution is 0.0936. The number of hydrogen-bond donors (Lipinski definition) is 3. The van der Waals surface area contributed by atoms with Gasteiger partial charge in [0.05, 0.1) is 23.0 Å². The molecule has 1 fully saturated rings. The van der Waals surface area contributed by atoms with Gasteiger partial charge in [0, 0.05) is 31.9 Å². The van der Waals surface area contributed by atoms with Crippen LogP contribution < -0.4 is 4.90 Å². The Labute approximate surface area is 196 Å². The van der Waals surface area contributed by atoms with Gasteiger partial charge in [-0.25, -0.2) is 27.2 Å². The van der Waals surface area contributed by atoms with Crippen LogP contribution in [0.25, 0.3) is 11.0 Å². The zero-order chi connectivity index (χ0) is 24.5. The van der Waals surface area contributed by atoms with Gasteiger partial charge in [-0.3, -0.25) is 0 Å². The first kappa shape index (κ1) is 23.9. The third-order valence-electron chi connectivity index (χ3n) is 6.00. The molecular formula is C22H27N5O6S. The summed E-state index contributed by atoms with van der Waals surface area (Å²) in [6, 6.07) is 7.77. The zero-order valence-corrected chi connectivity index (χ0v) is 19.5. The molecule has 3 aromatic rings. The number of piperidine rings is 1. The number of fused-ring (bicyclic) bond motifs is 1. The number of benzene rings is 1. The van der Waals surface area contributed by atoms with Crippen LogP contribution in [0.1, 0.15) is 18.4 Å². The van der Waals surface area contributed by atoms with Crippen molar-refractivity contribution in [2.24, 2.45) is 0 Å². The number of amides is 1. The van der Waals surface area contributed by atoms with E-state index in [2.05, 4.69) is 9.97 Å². The van der Waals surface area contributed by atoms with E-state index in [4.69, 9.17) is 0 Å². The highest BCUT2D eigenvalue weighted by Gasteiger charge is 2.31. The molecular weight excluding hydrogens is 462 g/mol. The van der Waals surface area contributed by atoms with Crippen LogP contribution in [0.15, 0.2) is 47.8 Å². The minimum absolute atomic E-state index is 0.00334. The SMILES string of the molecule is Cc1ccc(S(=O)(=O)n2ccc3c(N(CC(O)CO)C4CCCN(C(=O)O)C4)ncnc32)cc1. The Morgan fingerprint density at radius 2 is 1.97 bits per heavy atom. The van der Waals surface area contributed by atoms with Crippen molar-refractivity contribution >= 4 is 33.0 Å². The molecule has 3 N–H and O–H groups in total. The monoisotopic (exact) mass is 489 g/mol. The van der Waals surface area contributed by atoms with Crippen molar-refractivity contribution in [2.75, 3.05) is 31.1 Å². The standard InChI is InChI=1S/C22H27N5O6S/c1-15-4-6-18(7-5-15)34(32,33)27-10-8-19-20(23-14-24-21(19)27)26(12-17(29)13-28)16-3-2-9-25(11-16)22(30)31/h4-8,10,14,16-17,28-29H,2-3,9,11-13H2,1H3,(H,30,31). The fraction of sp³-hybridized carbons (Fsp3) is 0.409. The van der Waals surface area contributed by atoms with Gasteiger partial charge in [-0.05, 0) is 38.0 Å². The molecule has 182 valence electrons. The van der Waals surface area contributed by atoms with Crippen LogP contribution >= 0.6 is 0 Å². The summed E-state index contributed by atoms with van der Waals surface area (Å²) >= 11 is 0. The van der Waals surface area contributed by atoms with Gasteiger partial charge in [0.25, 0.3) is 10.0 Å². The van der Waals surface area contributed by atoms with Gasteiger partial charge < -0.3 is 25.1 Å². The van der Waals surface area contributed by atoms with Crippen molar-refractivity contribution in [3.05, 3.63) is 48.4 Å². The number of carboxylic acid groups (broad SMARTS) is 1. The van der Waals surface area contributed by atoms with E-state index in [1.807, 2.05) is 6.92 Å². The van der Waals surface area contributed by atoms with Crippen molar-refractivity contribution in [3.63, 3.8) is 0 Å². The number of carbonyl (C=O) groups is 1. The molecule has 0 radical (unpaired) electrons. The lowest BCUT2D eigenvalue weighted by atomic mass is 10.0. The first-order valence-electron chi connectivity index (χ1n) is 10.9. The number of nitrogens with zero attached hydrogens (tertiary/aromatic N) is 5. The number of aliphatic hydroxyl groups is 2. The summed E-state index contributed by atoms with van der Waals surface area (Å²) < 4.78 is 27.7. The van der Waals surface area contributed by atoms with Crippen molar-refractivity contribution in [1.82, 2.24) is 18.8 Å². The Kier molecular flexibility index (Phi) is 6.73. The van der Waals surface area contributed by atoms with E-state index < -0.39 is 28.8 Å². The van der Waals surface area contributed by atoms with E-state index in [1.54, 1.807) is 23.1 Å². The molecule has 4 rings (SSSR count). The number of aryl methyl sites for hydroxylation is 1. The van der Waals surface area contributed by atoms with Gasteiger partial charge in [-0.1, -0.05) is 17.7 Å². The van der Waals surface area contributed by atoms with Crippen LogP contribution in [-0.2, 0) is 10.0 Å². The number of anilines is 1. The lowest BCUT2D eigenvalue weighted by Gasteiger charge is -2.39. The molecule has 2 atom stereocenters. The first-order chi connectivity index (χ1) is 16.2. The molecule has 2 unspecified atom stereocenters. The van der Waals surface area contributed by atoms with Crippen LogP contribution in [0, 0.1) is 6.92 Å². The molecule has 2 aromatic heterocycles. The number of rotatable bonds is 7. The highest BCUT2D eigenvalue weighted by Crippen LogP contribution is 2.30. The summed E-state index contributed by atoms with van der Waals surface area (Å²) in [6.45, 7) is 1.99. The van der Waals surface area contributed by atoms with Crippen molar-refractivity contribution < 1.29 is 28.5 Å². The van der Waals surface area contributed by atoms with Crippen LogP contribution in [0.3, 0.4) is 0 Å². The average molecular weight is 490 g/mol. The maximum atomic E-state index is 13.3. The van der Waals surface area contributed by atoms with Gasteiger partial charge in [0.2, 0.25) is 0 Å². The van der Waals surface area contributed by atoms with E-state index in [0.717, 1.165) is 9.54 Å². The molecule has 34 heavy (non-hydrogen) atoms. The molecule has 1 aliphatic rings. The minimum atomic E-state index is -3.92. The van der Waals surface area contributed by atoms with Crippen molar-refractivity contribution in [1.29, 1.82) is 0 Å². The smallest absolute Gasteiger partial charge is 0.407 e. The molecule has 12 heteroatoms. The van der Waals surface area contributed by atoms with E-state index in [-0.39, 0.29) is 29.7 Å². The van der Waals surface area contributed by atoms with Crippen LogP contribution in [0.2, 0.25) is 0 Å². The Bertz CT molecular complexity index is 1280. The van der Waals surface area contributed by atoms with E-state index in [9.17, 15) is 28.5 Å². The summed E-state index contributed by atoms with van der Waals surface area (Å²) in [5.74, 6) is 0.368. The van der Waals surface area contributed by atoms with Gasteiger partial charge >= 0.3 is 6.09 Å². The predicted molar refractivity (Wildman–Crippen MR) is 124 cm³/mol. The number of hydrogen-bond acceptors (Lipinski definition) is 8. The first-order valence-corrected chi connectivity index (χ1v) is 12.3. The molecule has 0 bridgehead atoms. The largest absolute Gasteiger partial charge is 0.465 e. The van der Waals surface area contributed by atoms with E-state index >= 15 is 0 Å². The van der Waals surface area contributed by atoms with Crippen molar-refractivity contribution in [2.45, 2.75) is 36.8 Å². The molecule has 1 aliphatic heterocycles. The predicted octanol–water partition coefficient (Wildman–Crippen LogP) is 1.28. The third-order valence-corrected chi connectivity index (χ3v) is 7.68. The molecule has 3 heterocycles. The zero-order valence-electron chi connectivity index (χ0n) is 18.6. The summed E-state index contributed by atoms with van der Waals surface area (Å²) in [7, 11) is -3.92. The maximum absolute atomic E-state index is 13.3. The van der Waals surface area contributed by atoms with Gasteiger partial charge in [-0.15, -0.1) is 0 Å². The molecule has 1 aromatic carbocycles. The summed E-state index contributed by atoms with van der Waals surface area (Å²) in [5, 5.41) is 29.5. The number of likely N-dealkylation sites (tertiary alicyclic amines) is 1. The summed E-state index contributed by atoms with van der Waals surface area (Å²) in [6.07, 6.45) is 1.80. The molecule has 1 amide bonds. The quantitative estimate of drug-likeness (QED) is 0.446. The fourth-order valence-electron chi connectivity index (χ4n) is 4.24. The Hall–Kier alpha value is -3.22. The molecule has 0 saturated carbocycles. The molecule has 11 nitrogen and oxygen atoms in total. The van der Waals surface area contributed by atoms with Gasteiger partial charge in [0.15, 0.2) is 5.65 Å². The second-order valence-corrected chi connectivity index (χ2v) is 10.2. The fourth-order valence-corrected chi connectivity index (χ4v) is 5.54. The minimum Gasteiger partial charge on any atom is -0.465 e. The van der Waals surface area contributed by atoms with E-state index in [1.165, 1.54) is 29.6 Å². The highest BCUT2D eigenvalue weighted by atomic mass is 32.2. The van der Waals surface area contributed by atoms with Crippen LogP contribution in [0.5, 0.6) is 0 Å². The average Bonchev–Trinajstić information content (AvgIpc) is 3.28. The van der Waals surface area contributed by atoms with Crippen molar-refractivity contribution in [3.8, 4) is 0 Å². The second-order valence-electron chi connectivity index (χ2n) is 8.38. The van der Waals surface area contributed by atoms with Crippen LogP contribution in [-0.4, -0.2) is 87.1 Å². The lowest BCUT2D eigenvalue weighted by Crippen LogP contribution is -2.52. The molecule has 0 spiro atoms. The van der Waals surface area contributed by atoms with Gasteiger partial charge in [-0.2, -0.15) is 0 Å². The number of aromatic nitrogens is 3. The highest BCUT2D eigenvalue weighted by molar-refractivity contribution is 7.90. The Balaban J connectivity index is 1.78. The summed E-state index contributed by atoms with van der Waals surface area (Å²) in [5.41, 5.74) is 1.10. The number of aliphatic hydroxyl groups excluding tert-OH is 2. The third kappa shape index (κ3) is 4.56. The summed E-state index contributed by atoms with van der Waals surface area (Å²) in [4.78, 5) is 23.3. The Morgan fingerprint density at radius 3 is 2.65 bits per heavy atom. The normalized spacial score (nSPS) is 17.6. The molecule has 1 saturated heterocycles.